The first-order valence-electron chi connectivity index (χ1n) is 1.80. The Bertz CT molecular complexity index is 24.7. The largest absolute Gasteiger partial charge is 0.126 e. The lowest BCUT2D eigenvalue weighted by Crippen LogP contribution is -1.89. The highest BCUT2D eigenvalue weighted by Gasteiger charge is 1.93. The average Bonchev–Trinajstić information content (AvgIpc) is 1.65. The van der Waals surface area contributed by atoms with Crippen LogP contribution in [0.1, 0.15) is 6.92 Å². The van der Waals surface area contributed by atoms with E-state index in [1.807, 2.05) is 6.92 Å². The fraction of sp³-hybridized carbons (Fsp3) is 0.750. The molecule has 2 heteroatoms. The van der Waals surface area contributed by atoms with Crippen LogP contribution < -0.4 is 0 Å². The van der Waals surface area contributed by atoms with Gasteiger partial charge in [-0.25, -0.2) is 0 Å². The summed E-state index contributed by atoms with van der Waals surface area (Å²) in [5.74, 6) is 2.52. The van der Waals surface area contributed by atoms with E-state index >= 15 is 0 Å². The topological polar surface area (TPSA) is 0 Å². The molecule has 0 nitrogen and oxygen atoms in total. The molecule has 0 aromatic rings. The predicted octanol–water partition coefficient (Wildman–Crippen LogP) is 2.26. The van der Waals surface area contributed by atoms with Crippen LogP contribution in [0, 0.1) is 11.8 Å². The van der Waals surface area contributed by atoms with Crippen LogP contribution in [0.15, 0.2) is 0 Å². The van der Waals surface area contributed by atoms with Crippen molar-refractivity contribution in [2.45, 2.75) is 6.92 Å². The third-order valence-corrected chi connectivity index (χ3v) is 1.38. The van der Waals surface area contributed by atoms with Crippen molar-refractivity contribution in [2.75, 3.05) is 5.88 Å². The van der Waals surface area contributed by atoms with Crippen LogP contribution in [0.2, 0.25) is 0 Å². The zero-order chi connectivity index (χ0) is 4.99. The van der Waals surface area contributed by atoms with Crippen molar-refractivity contribution in [1.29, 1.82) is 0 Å². The summed E-state index contributed by atoms with van der Waals surface area (Å²) in [5.41, 5.74) is 0. The molecule has 0 bridgehead atoms. The molecule has 0 aliphatic rings. The lowest BCUT2D eigenvalue weighted by atomic mass is 10.3. The molecule has 0 saturated heterocycles. The third kappa shape index (κ3) is 2.80. The summed E-state index contributed by atoms with van der Waals surface area (Å²) in [6.07, 6.45) is 0. The zero-order valence-electron chi connectivity index (χ0n) is 3.62. The Morgan fingerprint density at radius 3 is 2.33 bits per heavy atom. The molecule has 0 heterocycles. The lowest BCUT2D eigenvalue weighted by Gasteiger charge is -1.94. The number of hydrogen-bond acceptors (Lipinski definition) is 0. The second-order valence-corrected chi connectivity index (χ2v) is 1.82. The summed E-state index contributed by atoms with van der Waals surface area (Å²) in [6, 6.07) is 0. The molecule has 37 valence electrons. The maximum absolute atomic E-state index is 5.34. The molecular weight excluding hydrogens is 119 g/mol. The highest BCUT2D eigenvalue weighted by molar-refractivity contribution is 6.24. The number of halogens is 2. The van der Waals surface area contributed by atoms with Gasteiger partial charge in [-0.2, -0.15) is 0 Å². The summed E-state index contributed by atoms with van der Waals surface area (Å²) in [7, 11) is 0. The molecule has 1 radical (unpaired) electrons. The minimum absolute atomic E-state index is 0.341. The van der Waals surface area contributed by atoms with Crippen molar-refractivity contribution in [1.82, 2.24) is 0 Å². The van der Waals surface area contributed by atoms with E-state index in [0.29, 0.717) is 11.8 Å². The molecule has 0 aromatic heterocycles. The van der Waals surface area contributed by atoms with Crippen LogP contribution in [-0.4, -0.2) is 5.88 Å². The molecular formula is C4H7Cl2. The van der Waals surface area contributed by atoms with Gasteiger partial charge >= 0.3 is 0 Å². The Labute approximate surface area is 48.4 Å². The summed E-state index contributed by atoms with van der Waals surface area (Å²) >= 11 is 10.6. The standard InChI is InChI=1S/C4H7Cl2/c1-4(2-5)3-6/h2,4H,3H2,1H3. The van der Waals surface area contributed by atoms with Gasteiger partial charge in [0.05, 0.1) is 5.88 Å². The van der Waals surface area contributed by atoms with Crippen LogP contribution in [0.4, 0.5) is 0 Å². The summed E-state index contributed by atoms with van der Waals surface area (Å²) in [6.45, 7) is 1.96. The first-order chi connectivity index (χ1) is 2.81. The van der Waals surface area contributed by atoms with Crippen LogP contribution in [-0.2, 0) is 0 Å². The molecule has 0 saturated carbocycles. The van der Waals surface area contributed by atoms with Gasteiger partial charge in [0.2, 0.25) is 0 Å². The molecule has 6 heavy (non-hydrogen) atoms. The van der Waals surface area contributed by atoms with Gasteiger partial charge in [0.25, 0.3) is 0 Å². The second kappa shape index (κ2) is 3.76. The van der Waals surface area contributed by atoms with E-state index in [-0.39, 0.29) is 0 Å². The molecule has 1 atom stereocenters. The summed E-state index contributed by atoms with van der Waals surface area (Å²) < 4.78 is 0. The van der Waals surface area contributed by atoms with Gasteiger partial charge in [-0.05, 0) is 5.92 Å². The van der Waals surface area contributed by atoms with Crippen molar-refractivity contribution in [3.8, 4) is 0 Å². The number of rotatable bonds is 2. The van der Waals surface area contributed by atoms with Crippen LogP contribution >= 0.6 is 23.2 Å². The second-order valence-electron chi connectivity index (χ2n) is 1.26. The minimum Gasteiger partial charge on any atom is -0.126 e. The highest BCUT2D eigenvalue weighted by Crippen LogP contribution is 2.03. The van der Waals surface area contributed by atoms with Gasteiger partial charge in [-0.15, -0.1) is 23.2 Å². The van der Waals surface area contributed by atoms with Gasteiger partial charge < -0.3 is 0 Å². The molecule has 0 fully saturated rings. The van der Waals surface area contributed by atoms with Crippen LogP contribution in [0.3, 0.4) is 0 Å². The summed E-state index contributed by atoms with van der Waals surface area (Å²) in [5, 5.41) is 0. The van der Waals surface area contributed by atoms with E-state index in [1.165, 1.54) is 0 Å². The van der Waals surface area contributed by atoms with Crippen LogP contribution in [0.5, 0.6) is 0 Å². The third-order valence-electron chi connectivity index (χ3n) is 0.458. The van der Waals surface area contributed by atoms with Gasteiger partial charge in [0.15, 0.2) is 0 Å². The lowest BCUT2D eigenvalue weighted by molar-refractivity contribution is 0.817. The quantitative estimate of drug-likeness (QED) is 0.498. The van der Waals surface area contributed by atoms with Crippen molar-refractivity contribution in [3.63, 3.8) is 0 Å². The molecule has 0 aliphatic carbocycles. The maximum atomic E-state index is 5.34. The Balaban J connectivity index is 2.75. The smallest absolute Gasteiger partial charge is 0.0539 e. The van der Waals surface area contributed by atoms with Crippen molar-refractivity contribution in [2.24, 2.45) is 5.92 Å². The van der Waals surface area contributed by atoms with Gasteiger partial charge in [-0.1, -0.05) is 6.92 Å². The first-order valence-corrected chi connectivity index (χ1v) is 2.78. The van der Waals surface area contributed by atoms with E-state index in [2.05, 4.69) is 0 Å². The maximum Gasteiger partial charge on any atom is 0.0539 e. The number of alkyl halides is 1. The normalized spacial score (nSPS) is 10.0. The molecule has 1 unspecified atom stereocenters. The Morgan fingerprint density at radius 2 is 2.33 bits per heavy atom. The fourth-order valence-electron chi connectivity index (χ4n) is 0.0337. The molecule has 0 aliphatic heterocycles. The van der Waals surface area contributed by atoms with Crippen molar-refractivity contribution >= 4 is 23.2 Å². The monoisotopic (exact) mass is 125 g/mol. The average molecular weight is 126 g/mol. The molecule has 0 N–H and O–H groups in total. The van der Waals surface area contributed by atoms with E-state index in [1.54, 1.807) is 5.88 Å². The fourth-order valence-corrected chi connectivity index (χ4v) is 0.303. The Hall–Kier alpha value is 0.580. The predicted molar refractivity (Wildman–Crippen MR) is 30.0 cm³/mol. The van der Waals surface area contributed by atoms with E-state index < -0.39 is 0 Å². The van der Waals surface area contributed by atoms with E-state index in [4.69, 9.17) is 23.2 Å². The van der Waals surface area contributed by atoms with Gasteiger partial charge in [0.1, 0.15) is 0 Å². The van der Waals surface area contributed by atoms with Crippen LogP contribution in [0.25, 0.3) is 0 Å². The Kier molecular flexibility index (Phi) is 4.12. The minimum atomic E-state index is 0.341. The Morgan fingerprint density at radius 1 is 1.83 bits per heavy atom. The van der Waals surface area contributed by atoms with Gasteiger partial charge in [0, 0.05) is 5.88 Å². The first kappa shape index (κ1) is 6.58. The van der Waals surface area contributed by atoms with Gasteiger partial charge in [-0.3, -0.25) is 0 Å². The number of hydrogen-bond donors (Lipinski definition) is 0. The summed E-state index contributed by atoms with van der Waals surface area (Å²) in [4.78, 5) is 0. The van der Waals surface area contributed by atoms with Crippen molar-refractivity contribution < 1.29 is 0 Å². The van der Waals surface area contributed by atoms with E-state index in [9.17, 15) is 0 Å². The van der Waals surface area contributed by atoms with Crippen molar-refractivity contribution in [3.05, 3.63) is 5.88 Å². The zero-order valence-corrected chi connectivity index (χ0v) is 5.13. The SMILES string of the molecule is CC([CH]Cl)CCl. The molecule has 0 rings (SSSR count). The van der Waals surface area contributed by atoms with E-state index in [0.717, 1.165) is 0 Å². The molecule has 0 amide bonds. The molecule has 0 spiro atoms. The molecule has 0 aromatic carbocycles. The highest BCUT2D eigenvalue weighted by atomic mass is 35.5.